The SMILES string of the molecule is OC[C@@H](O)[C@@H](O[C@H]1O[C@@H](CO)[C@@H](O)[C@@H](O)[C@H]1O)[C@H](O)[C@@H](O)CO. The number of aliphatic hydroxyl groups excluding tert-OH is 9. The minimum absolute atomic E-state index is 0.708. The standard InChI is InChI=1S/C12H24O11/c13-1-4(16)7(18)11(5(17)2-14)23-12-10(21)9(20)8(19)6(3-15)22-12/h4-21H,1-3H2/t4-,5+,6-,7+,8+,9+,10+,11+,12+/m0/s1. The molecule has 11 nitrogen and oxygen atoms in total. The predicted octanol–water partition coefficient (Wildman–Crippen LogP) is -5.76. The average Bonchev–Trinajstić information content (AvgIpc) is 2.57. The third-order valence-corrected chi connectivity index (χ3v) is 3.62. The van der Waals surface area contributed by atoms with E-state index in [9.17, 15) is 30.6 Å². The van der Waals surface area contributed by atoms with Crippen LogP contribution in [0.4, 0.5) is 0 Å². The lowest BCUT2D eigenvalue weighted by molar-refractivity contribution is -0.327. The van der Waals surface area contributed by atoms with E-state index in [1.165, 1.54) is 0 Å². The number of rotatable bonds is 8. The molecule has 0 saturated carbocycles. The van der Waals surface area contributed by atoms with Crippen molar-refractivity contribution in [2.75, 3.05) is 19.8 Å². The molecule has 0 aromatic heterocycles. The molecule has 0 radical (unpaired) electrons. The van der Waals surface area contributed by atoms with Gasteiger partial charge in [0.05, 0.1) is 19.8 Å². The average molecular weight is 344 g/mol. The quantitative estimate of drug-likeness (QED) is 0.203. The van der Waals surface area contributed by atoms with Crippen molar-refractivity contribution >= 4 is 0 Å². The monoisotopic (exact) mass is 344 g/mol. The third kappa shape index (κ3) is 4.78. The van der Waals surface area contributed by atoms with Gasteiger partial charge in [-0.15, -0.1) is 0 Å². The first-order valence-electron chi connectivity index (χ1n) is 7.00. The Bertz CT molecular complexity index is 341. The van der Waals surface area contributed by atoms with Gasteiger partial charge in [-0.2, -0.15) is 0 Å². The lowest BCUT2D eigenvalue weighted by Gasteiger charge is -2.42. The van der Waals surface area contributed by atoms with Gasteiger partial charge in [-0.3, -0.25) is 0 Å². The molecule has 1 heterocycles. The predicted molar refractivity (Wildman–Crippen MR) is 70.8 cm³/mol. The van der Waals surface area contributed by atoms with Crippen molar-refractivity contribution in [3.63, 3.8) is 0 Å². The molecule has 1 aliphatic heterocycles. The number of aliphatic hydroxyl groups is 9. The van der Waals surface area contributed by atoms with Crippen LogP contribution in [-0.4, -0.2) is 121 Å². The van der Waals surface area contributed by atoms with Crippen LogP contribution in [0.25, 0.3) is 0 Å². The largest absolute Gasteiger partial charge is 0.394 e. The van der Waals surface area contributed by atoms with Crippen LogP contribution in [-0.2, 0) is 9.47 Å². The molecule has 1 rings (SSSR count). The maximum Gasteiger partial charge on any atom is 0.187 e. The van der Waals surface area contributed by atoms with Gasteiger partial charge >= 0.3 is 0 Å². The molecule has 11 heteroatoms. The molecule has 0 aromatic rings. The second kappa shape index (κ2) is 9.15. The zero-order valence-corrected chi connectivity index (χ0v) is 12.2. The molecule has 138 valence electrons. The molecule has 0 aromatic carbocycles. The molecular formula is C12H24O11. The fourth-order valence-corrected chi connectivity index (χ4v) is 2.16. The molecule has 0 spiro atoms. The van der Waals surface area contributed by atoms with Gasteiger partial charge in [0, 0.05) is 0 Å². The minimum Gasteiger partial charge on any atom is -0.394 e. The van der Waals surface area contributed by atoms with Gasteiger partial charge in [-0.25, -0.2) is 0 Å². The van der Waals surface area contributed by atoms with Crippen LogP contribution in [0.1, 0.15) is 0 Å². The maximum absolute atomic E-state index is 9.83. The van der Waals surface area contributed by atoms with Crippen molar-refractivity contribution in [2.45, 2.75) is 55.1 Å². The summed E-state index contributed by atoms with van der Waals surface area (Å²) in [5.74, 6) is 0. The van der Waals surface area contributed by atoms with E-state index in [4.69, 9.17) is 24.8 Å². The van der Waals surface area contributed by atoms with E-state index in [1.807, 2.05) is 0 Å². The highest BCUT2D eigenvalue weighted by atomic mass is 16.7. The van der Waals surface area contributed by atoms with E-state index >= 15 is 0 Å². The Hall–Kier alpha value is -0.440. The maximum atomic E-state index is 9.83. The summed E-state index contributed by atoms with van der Waals surface area (Å²) in [4.78, 5) is 0. The first kappa shape index (κ1) is 20.6. The highest BCUT2D eigenvalue weighted by molar-refractivity contribution is 4.91. The van der Waals surface area contributed by atoms with Gasteiger partial charge < -0.3 is 55.4 Å². The number of hydrogen-bond acceptors (Lipinski definition) is 11. The van der Waals surface area contributed by atoms with Crippen LogP contribution in [0, 0.1) is 0 Å². The fourth-order valence-electron chi connectivity index (χ4n) is 2.16. The molecule has 23 heavy (non-hydrogen) atoms. The summed E-state index contributed by atoms with van der Waals surface area (Å²) in [5, 5.41) is 84.9. The van der Waals surface area contributed by atoms with E-state index < -0.39 is 74.9 Å². The van der Waals surface area contributed by atoms with E-state index in [-0.39, 0.29) is 0 Å². The van der Waals surface area contributed by atoms with Gasteiger partial charge in [0.2, 0.25) is 0 Å². The van der Waals surface area contributed by atoms with Gasteiger partial charge in [-0.05, 0) is 0 Å². The lowest BCUT2D eigenvalue weighted by Crippen LogP contribution is -2.61. The smallest absolute Gasteiger partial charge is 0.187 e. The molecule has 1 fully saturated rings. The Morgan fingerprint density at radius 2 is 1.39 bits per heavy atom. The summed E-state index contributed by atoms with van der Waals surface area (Å²) in [5.41, 5.74) is 0. The molecule has 0 aliphatic carbocycles. The van der Waals surface area contributed by atoms with Crippen molar-refractivity contribution in [3.05, 3.63) is 0 Å². The Morgan fingerprint density at radius 1 is 0.826 bits per heavy atom. The van der Waals surface area contributed by atoms with Gasteiger partial charge in [0.1, 0.15) is 48.8 Å². The number of hydrogen-bond donors (Lipinski definition) is 9. The van der Waals surface area contributed by atoms with Gasteiger partial charge in [0.25, 0.3) is 0 Å². The minimum atomic E-state index is -1.85. The highest BCUT2D eigenvalue weighted by Crippen LogP contribution is 2.24. The van der Waals surface area contributed by atoms with Crippen molar-refractivity contribution in [1.29, 1.82) is 0 Å². The lowest BCUT2D eigenvalue weighted by atomic mass is 9.98. The van der Waals surface area contributed by atoms with Crippen molar-refractivity contribution in [1.82, 2.24) is 0 Å². The Balaban J connectivity index is 2.89. The summed E-state index contributed by atoms with van der Waals surface area (Å²) < 4.78 is 10.1. The molecule has 1 saturated heterocycles. The van der Waals surface area contributed by atoms with E-state index in [2.05, 4.69) is 0 Å². The zero-order valence-electron chi connectivity index (χ0n) is 12.2. The Kier molecular flexibility index (Phi) is 8.20. The van der Waals surface area contributed by atoms with E-state index in [0.717, 1.165) is 0 Å². The summed E-state index contributed by atoms with van der Waals surface area (Å²) in [6.45, 7) is -2.45. The second-order valence-electron chi connectivity index (χ2n) is 5.29. The Morgan fingerprint density at radius 3 is 1.87 bits per heavy atom. The molecule has 9 atom stereocenters. The van der Waals surface area contributed by atoms with Crippen LogP contribution < -0.4 is 0 Å². The number of ether oxygens (including phenoxy) is 2. The van der Waals surface area contributed by atoms with E-state index in [0.29, 0.717) is 0 Å². The topological polar surface area (TPSA) is 201 Å². The normalized spacial score (nSPS) is 37.2. The second-order valence-corrected chi connectivity index (χ2v) is 5.29. The van der Waals surface area contributed by atoms with Crippen LogP contribution in [0.2, 0.25) is 0 Å². The summed E-state index contributed by atoms with van der Waals surface area (Å²) in [6, 6.07) is 0. The van der Waals surface area contributed by atoms with Gasteiger partial charge in [0.15, 0.2) is 6.29 Å². The molecule has 1 aliphatic rings. The van der Waals surface area contributed by atoms with Crippen molar-refractivity contribution in [3.8, 4) is 0 Å². The van der Waals surface area contributed by atoms with Crippen LogP contribution >= 0.6 is 0 Å². The Labute approximate surface area is 131 Å². The zero-order chi connectivity index (χ0) is 17.7. The third-order valence-electron chi connectivity index (χ3n) is 3.62. The summed E-state index contributed by atoms with van der Waals surface area (Å²) in [6.07, 6.45) is -15.1. The first-order valence-corrected chi connectivity index (χ1v) is 7.00. The fraction of sp³-hybridized carbons (Fsp3) is 1.00. The van der Waals surface area contributed by atoms with Crippen LogP contribution in [0.15, 0.2) is 0 Å². The van der Waals surface area contributed by atoms with Crippen LogP contribution in [0.3, 0.4) is 0 Å². The van der Waals surface area contributed by atoms with Crippen LogP contribution in [0.5, 0.6) is 0 Å². The first-order chi connectivity index (χ1) is 10.8. The van der Waals surface area contributed by atoms with Gasteiger partial charge in [-0.1, -0.05) is 0 Å². The summed E-state index contributed by atoms with van der Waals surface area (Å²) >= 11 is 0. The molecule has 0 bridgehead atoms. The summed E-state index contributed by atoms with van der Waals surface area (Å²) in [7, 11) is 0. The molecule has 0 unspecified atom stereocenters. The van der Waals surface area contributed by atoms with Crippen molar-refractivity contribution < 1.29 is 55.4 Å². The molecule has 0 amide bonds. The highest BCUT2D eigenvalue weighted by Gasteiger charge is 2.46. The van der Waals surface area contributed by atoms with E-state index in [1.54, 1.807) is 0 Å². The molecule has 9 N–H and O–H groups in total. The molecular weight excluding hydrogens is 320 g/mol. The van der Waals surface area contributed by atoms with Crippen molar-refractivity contribution in [2.24, 2.45) is 0 Å².